The molecular weight excluding hydrogens is 291 g/mol. The van der Waals surface area contributed by atoms with Crippen molar-refractivity contribution >= 4 is 23.2 Å². The summed E-state index contributed by atoms with van der Waals surface area (Å²) in [6.07, 6.45) is 0. The molecule has 0 aliphatic heterocycles. The molecule has 0 saturated heterocycles. The molecule has 100 valence electrons. The lowest BCUT2D eigenvalue weighted by molar-refractivity contribution is 0.558. The number of hydrogen-bond donors (Lipinski definition) is 1. The van der Waals surface area contributed by atoms with E-state index in [1.165, 1.54) is 0 Å². The molecule has 2 aromatic carbocycles. The van der Waals surface area contributed by atoms with Crippen LogP contribution >= 0.6 is 23.2 Å². The third-order valence-corrected chi connectivity index (χ3v) is 3.41. The molecular formula is C14H11Cl2F2N. The van der Waals surface area contributed by atoms with Crippen LogP contribution in [-0.2, 0) is 0 Å². The zero-order valence-corrected chi connectivity index (χ0v) is 11.6. The van der Waals surface area contributed by atoms with Gasteiger partial charge in [0.25, 0.3) is 0 Å². The molecule has 0 aliphatic carbocycles. The van der Waals surface area contributed by atoms with E-state index in [1.54, 1.807) is 25.2 Å². The topological polar surface area (TPSA) is 12.0 Å². The van der Waals surface area contributed by atoms with Crippen LogP contribution in [0.1, 0.15) is 17.2 Å². The van der Waals surface area contributed by atoms with Crippen molar-refractivity contribution in [2.24, 2.45) is 0 Å². The van der Waals surface area contributed by atoms with Crippen molar-refractivity contribution < 1.29 is 8.78 Å². The first kappa shape index (κ1) is 14.3. The fraction of sp³-hybridized carbons (Fsp3) is 0.143. The summed E-state index contributed by atoms with van der Waals surface area (Å²) < 4.78 is 27.1. The summed E-state index contributed by atoms with van der Waals surface area (Å²) in [5, 5.41) is 3.84. The summed E-state index contributed by atoms with van der Waals surface area (Å²) in [5.74, 6) is -1.01. The Morgan fingerprint density at radius 1 is 1.00 bits per heavy atom. The first-order valence-electron chi connectivity index (χ1n) is 5.60. The van der Waals surface area contributed by atoms with Gasteiger partial charge < -0.3 is 5.32 Å². The highest BCUT2D eigenvalue weighted by molar-refractivity contribution is 6.33. The molecule has 0 saturated carbocycles. The van der Waals surface area contributed by atoms with Gasteiger partial charge in [-0.05, 0) is 49.0 Å². The number of nitrogens with one attached hydrogen (secondary N) is 1. The highest BCUT2D eigenvalue weighted by Gasteiger charge is 2.19. The van der Waals surface area contributed by atoms with Gasteiger partial charge in [-0.3, -0.25) is 0 Å². The zero-order valence-electron chi connectivity index (χ0n) is 10.1. The van der Waals surface area contributed by atoms with Crippen LogP contribution in [0.3, 0.4) is 0 Å². The van der Waals surface area contributed by atoms with E-state index in [-0.39, 0.29) is 5.56 Å². The maximum atomic E-state index is 13.8. The average Bonchev–Trinajstić information content (AvgIpc) is 2.38. The molecule has 1 unspecified atom stereocenters. The quantitative estimate of drug-likeness (QED) is 0.875. The fourth-order valence-electron chi connectivity index (χ4n) is 1.95. The minimum atomic E-state index is -0.568. The van der Waals surface area contributed by atoms with Gasteiger partial charge in [-0.25, -0.2) is 8.78 Å². The summed E-state index contributed by atoms with van der Waals surface area (Å²) >= 11 is 12.0. The van der Waals surface area contributed by atoms with Gasteiger partial charge in [-0.1, -0.05) is 23.2 Å². The monoisotopic (exact) mass is 301 g/mol. The van der Waals surface area contributed by atoms with Crippen LogP contribution in [0.25, 0.3) is 0 Å². The highest BCUT2D eigenvalue weighted by atomic mass is 35.5. The molecule has 0 radical (unpaired) electrons. The molecule has 1 N–H and O–H groups in total. The second kappa shape index (κ2) is 5.87. The molecule has 1 nitrogen and oxygen atoms in total. The van der Waals surface area contributed by atoms with E-state index in [0.29, 0.717) is 15.6 Å². The van der Waals surface area contributed by atoms with Crippen molar-refractivity contribution in [2.45, 2.75) is 6.04 Å². The third-order valence-electron chi connectivity index (χ3n) is 2.83. The van der Waals surface area contributed by atoms with Crippen LogP contribution in [0.4, 0.5) is 8.78 Å². The molecule has 2 rings (SSSR count). The molecule has 1 atom stereocenters. The number of benzene rings is 2. The number of hydrogen-bond acceptors (Lipinski definition) is 1. The van der Waals surface area contributed by atoms with Crippen molar-refractivity contribution in [1.82, 2.24) is 5.32 Å². The smallest absolute Gasteiger partial charge is 0.128 e. The Kier molecular flexibility index (Phi) is 4.40. The van der Waals surface area contributed by atoms with Crippen LogP contribution < -0.4 is 5.32 Å². The number of rotatable bonds is 3. The Morgan fingerprint density at radius 2 is 1.74 bits per heavy atom. The van der Waals surface area contributed by atoms with Crippen LogP contribution in [-0.4, -0.2) is 7.05 Å². The van der Waals surface area contributed by atoms with Gasteiger partial charge in [0.2, 0.25) is 0 Å². The third kappa shape index (κ3) is 3.06. The van der Waals surface area contributed by atoms with Gasteiger partial charge in [-0.15, -0.1) is 0 Å². The Labute approximate surface area is 120 Å². The first-order chi connectivity index (χ1) is 9.02. The molecule has 0 spiro atoms. The van der Waals surface area contributed by atoms with Gasteiger partial charge >= 0.3 is 0 Å². The number of halogens is 4. The summed E-state index contributed by atoms with van der Waals surface area (Å²) in [5.41, 5.74) is 0.785. The van der Waals surface area contributed by atoms with Gasteiger partial charge in [0.15, 0.2) is 0 Å². The molecule has 0 amide bonds. The van der Waals surface area contributed by atoms with Crippen molar-refractivity contribution in [3.05, 3.63) is 69.2 Å². The summed E-state index contributed by atoms with van der Waals surface area (Å²) in [4.78, 5) is 0. The lowest BCUT2D eigenvalue weighted by Crippen LogP contribution is -2.19. The largest absolute Gasteiger partial charge is 0.309 e. The second-order valence-corrected chi connectivity index (χ2v) is 4.90. The zero-order chi connectivity index (χ0) is 14.0. The van der Waals surface area contributed by atoms with Gasteiger partial charge in [0.1, 0.15) is 11.6 Å². The fourth-order valence-corrected chi connectivity index (χ4v) is 2.36. The Bertz CT molecular complexity index is 550. The van der Waals surface area contributed by atoms with E-state index < -0.39 is 17.7 Å². The molecule has 2 aromatic rings. The van der Waals surface area contributed by atoms with E-state index in [9.17, 15) is 8.78 Å². The van der Waals surface area contributed by atoms with Crippen molar-refractivity contribution in [3.8, 4) is 0 Å². The highest BCUT2D eigenvalue weighted by Crippen LogP contribution is 2.31. The van der Waals surface area contributed by atoms with Gasteiger partial charge in [-0.2, -0.15) is 0 Å². The molecule has 0 heterocycles. The summed E-state index contributed by atoms with van der Waals surface area (Å²) in [6, 6.07) is 7.65. The SMILES string of the molecule is CNC(c1cc(F)ccc1F)c1cc(Cl)ccc1Cl. The first-order valence-corrected chi connectivity index (χ1v) is 6.35. The second-order valence-electron chi connectivity index (χ2n) is 4.05. The average molecular weight is 302 g/mol. The summed E-state index contributed by atoms with van der Waals surface area (Å²) in [6.45, 7) is 0. The Morgan fingerprint density at radius 3 is 2.42 bits per heavy atom. The maximum Gasteiger partial charge on any atom is 0.128 e. The van der Waals surface area contributed by atoms with E-state index >= 15 is 0 Å². The normalized spacial score (nSPS) is 12.5. The van der Waals surface area contributed by atoms with Crippen LogP contribution in [0.5, 0.6) is 0 Å². The lowest BCUT2D eigenvalue weighted by Gasteiger charge is -2.19. The maximum absolute atomic E-state index is 13.8. The predicted octanol–water partition coefficient (Wildman–Crippen LogP) is 4.58. The van der Waals surface area contributed by atoms with E-state index in [0.717, 1.165) is 18.2 Å². The Hall–Kier alpha value is -1.16. The van der Waals surface area contributed by atoms with Crippen LogP contribution in [0.15, 0.2) is 36.4 Å². The van der Waals surface area contributed by atoms with Crippen LogP contribution in [0, 0.1) is 11.6 Å². The molecule has 19 heavy (non-hydrogen) atoms. The summed E-state index contributed by atoms with van der Waals surface area (Å²) in [7, 11) is 1.65. The van der Waals surface area contributed by atoms with Gasteiger partial charge in [0, 0.05) is 15.6 Å². The molecule has 0 aromatic heterocycles. The van der Waals surface area contributed by atoms with Gasteiger partial charge in [0.05, 0.1) is 6.04 Å². The van der Waals surface area contributed by atoms with E-state index in [1.807, 2.05) is 0 Å². The molecule has 0 aliphatic rings. The minimum absolute atomic E-state index is 0.187. The predicted molar refractivity (Wildman–Crippen MR) is 73.7 cm³/mol. The molecule has 0 fully saturated rings. The lowest BCUT2D eigenvalue weighted by atomic mass is 9.98. The van der Waals surface area contributed by atoms with E-state index in [2.05, 4.69) is 5.32 Å². The van der Waals surface area contributed by atoms with E-state index in [4.69, 9.17) is 23.2 Å². The molecule has 0 bridgehead atoms. The van der Waals surface area contributed by atoms with Crippen molar-refractivity contribution in [2.75, 3.05) is 7.05 Å². The molecule has 5 heteroatoms. The van der Waals surface area contributed by atoms with Crippen LogP contribution in [0.2, 0.25) is 10.0 Å². The van der Waals surface area contributed by atoms with Crippen molar-refractivity contribution in [3.63, 3.8) is 0 Å². The van der Waals surface area contributed by atoms with Crippen molar-refractivity contribution in [1.29, 1.82) is 0 Å². The standard InChI is InChI=1S/C14H11Cl2F2N/c1-19-14(10-6-8(15)2-4-12(10)16)11-7-9(17)3-5-13(11)18/h2-7,14,19H,1H3. The Balaban J connectivity index is 2.55. The minimum Gasteiger partial charge on any atom is -0.309 e.